The van der Waals surface area contributed by atoms with Crippen LogP contribution in [0.5, 0.6) is 0 Å². The summed E-state index contributed by atoms with van der Waals surface area (Å²) in [6, 6.07) is 8.31. The van der Waals surface area contributed by atoms with E-state index in [0.717, 1.165) is 53.8 Å². The van der Waals surface area contributed by atoms with Crippen molar-refractivity contribution >= 4 is 28.3 Å². The molecule has 3 aromatic rings. The number of rotatable bonds is 2. The van der Waals surface area contributed by atoms with Gasteiger partial charge < -0.3 is 15.2 Å². The Labute approximate surface area is 152 Å². The number of fused-ring (bicyclic) bond motifs is 1. The van der Waals surface area contributed by atoms with Gasteiger partial charge in [-0.05, 0) is 57.1 Å². The van der Waals surface area contributed by atoms with Crippen LogP contribution in [0.4, 0.5) is 5.69 Å². The maximum atomic E-state index is 6.45. The van der Waals surface area contributed by atoms with Gasteiger partial charge in [-0.15, -0.1) is 0 Å². The first-order valence-electron chi connectivity index (χ1n) is 8.69. The number of likely N-dealkylation sites (tertiary alicyclic amines) is 1. The summed E-state index contributed by atoms with van der Waals surface area (Å²) in [7, 11) is 2.19. The van der Waals surface area contributed by atoms with Gasteiger partial charge in [-0.25, -0.2) is 9.97 Å². The number of nitrogen functional groups attached to an aromatic ring is 1. The Morgan fingerprint density at radius 3 is 2.72 bits per heavy atom. The van der Waals surface area contributed by atoms with Crippen molar-refractivity contribution < 1.29 is 0 Å². The first-order valence-corrected chi connectivity index (χ1v) is 9.07. The number of anilines is 1. The molecule has 2 aromatic heterocycles. The van der Waals surface area contributed by atoms with Crippen LogP contribution in [0, 0.1) is 0 Å². The molecule has 0 aliphatic carbocycles. The maximum Gasteiger partial charge on any atom is 0.145 e. The highest BCUT2D eigenvalue weighted by Crippen LogP contribution is 2.37. The zero-order chi connectivity index (χ0) is 17.4. The van der Waals surface area contributed by atoms with E-state index in [2.05, 4.69) is 32.7 Å². The molecule has 0 bridgehead atoms. The third-order valence-corrected chi connectivity index (χ3v) is 5.39. The highest BCUT2D eigenvalue weighted by atomic mass is 35.5. The number of aromatic nitrogens is 3. The van der Waals surface area contributed by atoms with Gasteiger partial charge in [0, 0.05) is 23.5 Å². The van der Waals surface area contributed by atoms with E-state index in [1.807, 2.05) is 24.3 Å². The average Bonchev–Trinajstić information content (AvgIpc) is 2.86. The molecule has 1 unspecified atom stereocenters. The molecule has 1 aliphatic heterocycles. The lowest BCUT2D eigenvalue weighted by molar-refractivity contribution is 0.342. The molecule has 0 spiro atoms. The minimum Gasteiger partial charge on any atom is -0.399 e. The first-order chi connectivity index (χ1) is 12.1. The van der Waals surface area contributed by atoms with Gasteiger partial charge in [-0.1, -0.05) is 23.7 Å². The minimum absolute atomic E-state index is 0.431. The molecule has 1 aliphatic rings. The van der Waals surface area contributed by atoms with Crippen molar-refractivity contribution in [3.8, 4) is 11.1 Å². The highest BCUT2D eigenvalue weighted by Gasteiger charge is 2.22. The van der Waals surface area contributed by atoms with Gasteiger partial charge in [0.2, 0.25) is 0 Å². The second kappa shape index (κ2) is 6.65. The molecule has 130 valence electrons. The van der Waals surface area contributed by atoms with Crippen LogP contribution in [0.2, 0.25) is 5.15 Å². The summed E-state index contributed by atoms with van der Waals surface area (Å²) in [6.07, 6.45) is 7.19. The van der Waals surface area contributed by atoms with Crippen LogP contribution in [0.25, 0.3) is 22.2 Å². The SMILES string of the molecule is CN1CCCC(n2cc(-c3ccc(N)cc3)c3c(Cl)ncnc32)CC1. The molecular formula is C19H22ClN5. The van der Waals surface area contributed by atoms with Crippen LogP contribution >= 0.6 is 11.6 Å². The fourth-order valence-corrected chi connectivity index (χ4v) is 3.94. The van der Waals surface area contributed by atoms with Crippen molar-refractivity contribution in [2.45, 2.75) is 25.3 Å². The van der Waals surface area contributed by atoms with Gasteiger partial charge in [-0.3, -0.25) is 0 Å². The number of hydrogen-bond donors (Lipinski definition) is 1. The van der Waals surface area contributed by atoms with Crippen molar-refractivity contribution in [1.82, 2.24) is 19.4 Å². The summed E-state index contributed by atoms with van der Waals surface area (Å²) in [5.41, 5.74) is 9.66. The Bertz CT molecular complexity index is 887. The molecule has 0 saturated carbocycles. The lowest BCUT2D eigenvalue weighted by Gasteiger charge is -2.17. The fourth-order valence-electron chi connectivity index (χ4n) is 3.71. The van der Waals surface area contributed by atoms with Crippen LogP contribution in [-0.4, -0.2) is 39.6 Å². The third kappa shape index (κ3) is 3.10. The van der Waals surface area contributed by atoms with E-state index < -0.39 is 0 Å². The van der Waals surface area contributed by atoms with Crippen molar-refractivity contribution in [2.24, 2.45) is 0 Å². The van der Waals surface area contributed by atoms with Gasteiger partial charge in [-0.2, -0.15) is 0 Å². The number of nitrogens with zero attached hydrogens (tertiary/aromatic N) is 4. The third-order valence-electron chi connectivity index (χ3n) is 5.10. The average molecular weight is 356 g/mol. The summed E-state index contributed by atoms with van der Waals surface area (Å²) >= 11 is 6.45. The summed E-state index contributed by atoms with van der Waals surface area (Å²) in [5, 5.41) is 1.42. The Morgan fingerprint density at radius 1 is 1.12 bits per heavy atom. The van der Waals surface area contributed by atoms with Crippen LogP contribution < -0.4 is 5.73 Å². The molecule has 1 atom stereocenters. The summed E-state index contributed by atoms with van der Waals surface area (Å²) in [6.45, 7) is 2.25. The van der Waals surface area contributed by atoms with Gasteiger partial charge in [0.25, 0.3) is 0 Å². The minimum atomic E-state index is 0.431. The standard InChI is InChI=1S/C19H22ClN5/c1-24-9-2-3-15(8-10-24)25-11-16(13-4-6-14(21)7-5-13)17-18(20)22-12-23-19(17)25/h4-7,11-12,15H,2-3,8-10,21H2,1H3. The predicted molar refractivity (Wildman–Crippen MR) is 103 cm³/mol. The van der Waals surface area contributed by atoms with Gasteiger partial charge in [0.1, 0.15) is 17.1 Å². The second-order valence-electron chi connectivity index (χ2n) is 6.82. The molecule has 25 heavy (non-hydrogen) atoms. The monoisotopic (exact) mass is 355 g/mol. The van der Waals surface area contributed by atoms with E-state index in [4.69, 9.17) is 17.3 Å². The number of benzene rings is 1. The molecule has 0 radical (unpaired) electrons. The zero-order valence-corrected chi connectivity index (χ0v) is 15.1. The Hall–Kier alpha value is -2.11. The van der Waals surface area contributed by atoms with Crippen molar-refractivity contribution in [1.29, 1.82) is 0 Å². The first kappa shape index (κ1) is 16.4. The van der Waals surface area contributed by atoms with E-state index in [1.54, 1.807) is 6.33 Å². The van der Waals surface area contributed by atoms with Gasteiger partial charge in [0.15, 0.2) is 0 Å². The molecule has 1 saturated heterocycles. The molecule has 3 heterocycles. The van der Waals surface area contributed by atoms with E-state index >= 15 is 0 Å². The van der Waals surface area contributed by atoms with Gasteiger partial charge in [0.05, 0.1) is 5.39 Å². The number of nitrogens with two attached hydrogens (primary N) is 1. The second-order valence-corrected chi connectivity index (χ2v) is 7.18. The highest BCUT2D eigenvalue weighted by molar-refractivity contribution is 6.35. The Kier molecular flexibility index (Phi) is 4.36. The molecule has 2 N–H and O–H groups in total. The Morgan fingerprint density at radius 2 is 1.92 bits per heavy atom. The molecule has 4 rings (SSSR count). The van der Waals surface area contributed by atoms with Gasteiger partial charge >= 0.3 is 0 Å². The largest absolute Gasteiger partial charge is 0.399 e. The summed E-state index contributed by atoms with van der Waals surface area (Å²) in [4.78, 5) is 11.2. The topological polar surface area (TPSA) is 60.0 Å². The summed E-state index contributed by atoms with van der Waals surface area (Å²) < 4.78 is 2.30. The lowest BCUT2D eigenvalue weighted by atomic mass is 10.1. The molecule has 5 nitrogen and oxygen atoms in total. The predicted octanol–water partition coefficient (Wildman–Crippen LogP) is 3.99. The molecular weight excluding hydrogens is 334 g/mol. The number of halogens is 1. The smallest absolute Gasteiger partial charge is 0.145 e. The molecule has 1 fully saturated rings. The van der Waals surface area contributed by atoms with E-state index in [-0.39, 0.29) is 0 Å². The Balaban J connectivity index is 1.85. The quantitative estimate of drug-likeness (QED) is 0.557. The lowest BCUT2D eigenvalue weighted by Crippen LogP contribution is -2.19. The zero-order valence-electron chi connectivity index (χ0n) is 14.3. The van der Waals surface area contributed by atoms with E-state index in [1.165, 1.54) is 6.42 Å². The summed E-state index contributed by atoms with van der Waals surface area (Å²) in [5.74, 6) is 0. The maximum absolute atomic E-state index is 6.45. The fraction of sp³-hybridized carbons (Fsp3) is 0.368. The normalized spacial score (nSPS) is 19.2. The van der Waals surface area contributed by atoms with Crippen LogP contribution in [0.15, 0.2) is 36.8 Å². The van der Waals surface area contributed by atoms with E-state index in [9.17, 15) is 0 Å². The molecule has 6 heteroatoms. The molecule has 0 amide bonds. The number of hydrogen-bond acceptors (Lipinski definition) is 4. The van der Waals surface area contributed by atoms with Crippen molar-refractivity contribution in [3.05, 3.63) is 41.9 Å². The van der Waals surface area contributed by atoms with Crippen molar-refractivity contribution in [2.75, 3.05) is 25.9 Å². The van der Waals surface area contributed by atoms with Crippen LogP contribution in [0.3, 0.4) is 0 Å². The van der Waals surface area contributed by atoms with Crippen molar-refractivity contribution in [3.63, 3.8) is 0 Å². The molecule has 1 aromatic carbocycles. The van der Waals surface area contributed by atoms with Crippen LogP contribution in [0.1, 0.15) is 25.3 Å². The van der Waals surface area contributed by atoms with Crippen LogP contribution in [-0.2, 0) is 0 Å². The van der Waals surface area contributed by atoms with E-state index in [0.29, 0.717) is 11.2 Å².